The third kappa shape index (κ3) is 3.04. The van der Waals surface area contributed by atoms with Gasteiger partial charge < -0.3 is 9.32 Å². The van der Waals surface area contributed by atoms with Crippen LogP contribution in [0.25, 0.3) is 0 Å². The molecule has 1 aliphatic carbocycles. The topological polar surface area (TPSA) is 36.7 Å². The van der Waals surface area contributed by atoms with Gasteiger partial charge in [-0.15, -0.1) is 0 Å². The first-order chi connectivity index (χ1) is 11.3. The number of carbonyl (C=O) groups excluding carboxylic acids is 1. The molecule has 1 fully saturated rings. The van der Waals surface area contributed by atoms with Crippen LogP contribution in [-0.4, -0.2) is 41.9 Å². The van der Waals surface area contributed by atoms with E-state index in [-0.39, 0.29) is 5.91 Å². The molecule has 0 saturated carbocycles. The molecule has 0 spiro atoms. The zero-order valence-electron chi connectivity index (χ0n) is 13.3. The normalized spacial score (nSPS) is 18.2. The predicted molar refractivity (Wildman–Crippen MR) is 88.4 cm³/mol. The van der Waals surface area contributed by atoms with Gasteiger partial charge in [-0.2, -0.15) is 0 Å². The van der Waals surface area contributed by atoms with E-state index in [2.05, 4.69) is 23.1 Å². The van der Waals surface area contributed by atoms with Gasteiger partial charge in [0.05, 0.1) is 6.26 Å². The highest BCUT2D eigenvalue weighted by atomic mass is 16.3. The highest BCUT2D eigenvalue weighted by molar-refractivity contribution is 5.91. The molecule has 1 aromatic carbocycles. The monoisotopic (exact) mass is 310 g/mol. The van der Waals surface area contributed by atoms with Crippen molar-refractivity contribution in [2.24, 2.45) is 0 Å². The molecule has 4 nitrogen and oxygen atoms in total. The lowest BCUT2D eigenvalue weighted by atomic mass is 10.1. The Hall–Kier alpha value is -2.07. The third-order valence-electron chi connectivity index (χ3n) is 4.96. The molecule has 2 aromatic rings. The fourth-order valence-corrected chi connectivity index (χ4v) is 3.65. The molecule has 1 saturated heterocycles. The summed E-state index contributed by atoms with van der Waals surface area (Å²) in [5, 5.41) is 0. The molecule has 0 bridgehead atoms. The van der Waals surface area contributed by atoms with Gasteiger partial charge in [0.25, 0.3) is 5.91 Å². The van der Waals surface area contributed by atoms with E-state index in [4.69, 9.17) is 4.42 Å². The van der Waals surface area contributed by atoms with Gasteiger partial charge in [-0.1, -0.05) is 18.2 Å². The fraction of sp³-hybridized carbons (Fsp3) is 0.421. The van der Waals surface area contributed by atoms with Crippen LogP contribution in [0.5, 0.6) is 0 Å². The molecule has 4 heteroatoms. The van der Waals surface area contributed by atoms with Crippen molar-refractivity contribution in [1.29, 1.82) is 0 Å². The van der Waals surface area contributed by atoms with Crippen LogP contribution in [0.1, 0.15) is 33.7 Å². The highest BCUT2D eigenvalue weighted by Crippen LogP contribution is 2.23. The van der Waals surface area contributed by atoms with Gasteiger partial charge >= 0.3 is 0 Å². The molecule has 1 amide bonds. The van der Waals surface area contributed by atoms with Crippen molar-refractivity contribution in [2.45, 2.75) is 25.8 Å². The number of hydrogen-bond acceptors (Lipinski definition) is 3. The predicted octanol–water partition coefficient (Wildman–Crippen LogP) is 2.73. The third-order valence-corrected chi connectivity index (χ3v) is 4.96. The Morgan fingerprint density at radius 1 is 1.04 bits per heavy atom. The molecule has 2 aliphatic rings. The van der Waals surface area contributed by atoms with Gasteiger partial charge in [0, 0.05) is 32.7 Å². The SMILES string of the molecule is O=C(c1ccco1)N1CCN(Cc2ccc3c(c2)CCC3)CC1. The lowest BCUT2D eigenvalue weighted by Crippen LogP contribution is -2.48. The maximum atomic E-state index is 12.3. The standard InChI is InChI=1S/C19H22N2O2/c22-19(18-5-2-12-23-18)21-10-8-20(9-11-21)14-15-6-7-16-3-1-4-17(16)13-15/h2,5-7,12-13H,1,3-4,8-11,14H2. The van der Waals surface area contributed by atoms with E-state index >= 15 is 0 Å². The molecule has 2 heterocycles. The Morgan fingerprint density at radius 2 is 1.87 bits per heavy atom. The van der Waals surface area contributed by atoms with Crippen molar-refractivity contribution in [3.05, 3.63) is 59.0 Å². The number of aryl methyl sites for hydroxylation is 2. The number of rotatable bonds is 3. The van der Waals surface area contributed by atoms with Crippen molar-refractivity contribution in [3.8, 4) is 0 Å². The number of piperazine rings is 1. The van der Waals surface area contributed by atoms with E-state index < -0.39 is 0 Å². The second-order valence-corrected chi connectivity index (χ2v) is 6.50. The van der Waals surface area contributed by atoms with Crippen LogP contribution in [-0.2, 0) is 19.4 Å². The first-order valence-corrected chi connectivity index (χ1v) is 8.45. The zero-order valence-corrected chi connectivity index (χ0v) is 13.3. The molecule has 1 aromatic heterocycles. The Balaban J connectivity index is 1.34. The summed E-state index contributed by atoms with van der Waals surface area (Å²) in [5.74, 6) is 0.448. The van der Waals surface area contributed by atoms with Crippen LogP contribution in [0.2, 0.25) is 0 Å². The van der Waals surface area contributed by atoms with Crippen molar-refractivity contribution >= 4 is 5.91 Å². The first-order valence-electron chi connectivity index (χ1n) is 8.45. The first kappa shape index (κ1) is 14.5. The lowest BCUT2D eigenvalue weighted by Gasteiger charge is -2.34. The van der Waals surface area contributed by atoms with Crippen LogP contribution in [0.4, 0.5) is 0 Å². The molecule has 0 radical (unpaired) electrons. The molecule has 0 atom stereocenters. The molecule has 0 N–H and O–H groups in total. The van der Waals surface area contributed by atoms with Gasteiger partial charge in [0.1, 0.15) is 0 Å². The summed E-state index contributed by atoms with van der Waals surface area (Å²) < 4.78 is 5.21. The molecule has 1 aliphatic heterocycles. The Morgan fingerprint density at radius 3 is 2.65 bits per heavy atom. The van der Waals surface area contributed by atoms with Gasteiger partial charge in [-0.3, -0.25) is 9.69 Å². The number of carbonyl (C=O) groups is 1. The van der Waals surface area contributed by atoms with E-state index in [0.717, 1.165) is 32.7 Å². The van der Waals surface area contributed by atoms with Gasteiger partial charge in [-0.25, -0.2) is 0 Å². The number of hydrogen-bond donors (Lipinski definition) is 0. The van der Waals surface area contributed by atoms with E-state index in [9.17, 15) is 4.79 Å². The number of benzene rings is 1. The van der Waals surface area contributed by atoms with Crippen LogP contribution in [0, 0.1) is 0 Å². The maximum Gasteiger partial charge on any atom is 0.289 e. The summed E-state index contributed by atoms with van der Waals surface area (Å²) >= 11 is 0. The molecule has 0 unspecified atom stereocenters. The number of furan rings is 1. The summed E-state index contributed by atoms with van der Waals surface area (Å²) in [6, 6.07) is 10.4. The van der Waals surface area contributed by atoms with Gasteiger partial charge in [-0.05, 0) is 48.1 Å². The highest BCUT2D eigenvalue weighted by Gasteiger charge is 2.23. The minimum atomic E-state index is 0.00665. The summed E-state index contributed by atoms with van der Waals surface area (Å²) in [5.41, 5.74) is 4.47. The number of amides is 1. The molecular weight excluding hydrogens is 288 g/mol. The van der Waals surface area contributed by atoms with Crippen LogP contribution in [0.3, 0.4) is 0 Å². The van der Waals surface area contributed by atoms with Gasteiger partial charge in [0.2, 0.25) is 0 Å². The van der Waals surface area contributed by atoms with E-state index in [0.29, 0.717) is 5.76 Å². The smallest absolute Gasteiger partial charge is 0.289 e. The summed E-state index contributed by atoms with van der Waals surface area (Å²) in [6.45, 7) is 4.36. The van der Waals surface area contributed by atoms with E-state index in [1.165, 1.54) is 36.0 Å². The molecule has 120 valence electrons. The quantitative estimate of drug-likeness (QED) is 0.874. The van der Waals surface area contributed by atoms with E-state index in [1.807, 2.05) is 4.90 Å². The summed E-state index contributed by atoms with van der Waals surface area (Å²) in [7, 11) is 0. The fourth-order valence-electron chi connectivity index (χ4n) is 3.65. The lowest BCUT2D eigenvalue weighted by molar-refractivity contribution is 0.0598. The minimum Gasteiger partial charge on any atom is -0.459 e. The zero-order chi connectivity index (χ0) is 15.6. The number of fused-ring (bicyclic) bond motifs is 1. The minimum absolute atomic E-state index is 0.00665. The molecule has 23 heavy (non-hydrogen) atoms. The van der Waals surface area contributed by atoms with Crippen molar-refractivity contribution in [3.63, 3.8) is 0 Å². The van der Waals surface area contributed by atoms with Crippen LogP contribution >= 0.6 is 0 Å². The van der Waals surface area contributed by atoms with Gasteiger partial charge in [0.15, 0.2) is 5.76 Å². The van der Waals surface area contributed by atoms with Crippen molar-refractivity contribution in [2.75, 3.05) is 26.2 Å². The average molecular weight is 310 g/mol. The second-order valence-electron chi connectivity index (χ2n) is 6.50. The van der Waals surface area contributed by atoms with Crippen molar-refractivity contribution in [1.82, 2.24) is 9.80 Å². The number of nitrogens with zero attached hydrogens (tertiary/aromatic N) is 2. The molecular formula is C19H22N2O2. The summed E-state index contributed by atoms with van der Waals surface area (Å²) in [6.07, 6.45) is 5.32. The Bertz CT molecular complexity index is 685. The summed E-state index contributed by atoms with van der Waals surface area (Å²) in [4.78, 5) is 16.6. The Labute approximate surface area is 136 Å². The Kier molecular flexibility index (Phi) is 3.92. The van der Waals surface area contributed by atoms with Crippen LogP contribution in [0.15, 0.2) is 41.0 Å². The van der Waals surface area contributed by atoms with Crippen LogP contribution < -0.4 is 0 Å². The largest absolute Gasteiger partial charge is 0.459 e. The van der Waals surface area contributed by atoms with E-state index in [1.54, 1.807) is 18.4 Å². The average Bonchev–Trinajstić information content (AvgIpc) is 3.26. The maximum absolute atomic E-state index is 12.3. The molecule has 4 rings (SSSR count). The van der Waals surface area contributed by atoms with Crippen molar-refractivity contribution < 1.29 is 9.21 Å². The second kappa shape index (κ2) is 6.20.